The minimum Gasteiger partial charge on any atom is -0.342 e. The third kappa shape index (κ3) is 2.41. The number of aryl methyl sites for hydroxylation is 1. The van der Waals surface area contributed by atoms with Gasteiger partial charge in [-0.25, -0.2) is 4.98 Å². The van der Waals surface area contributed by atoms with Crippen molar-refractivity contribution in [3.63, 3.8) is 0 Å². The highest BCUT2D eigenvalue weighted by Crippen LogP contribution is 2.22. The van der Waals surface area contributed by atoms with Crippen LogP contribution in [0.1, 0.15) is 11.4 Å². The van der Waals surface area contributed by atoms with E-state index in [9.17, 15) is 0 Å². The Morgan fingerprint density at radius 1 is 1.53 bits per heavy atom. The van der Waals surface area contributed by atoms with Gasteiger partial charge in [0.05, 0.1) is 16.1 Å². The summed E-state index contributed by atoms with van der Waals surface area (Å²) in [6.07, 6.45) is 0. The molecule has 1 aromatic carbocycles. The quantitative estimate of drug-likeness (QED) is 0.577. The second kappa shape index (κ2) is 4.64. The van der Waals surface area contributed by atoms with E-state index in [2.05, 4.69) is 42.3 Å². The minimum absolute atomic E-state index is 0.645. The van der Waals surface area contributed by atoms with Crippen LogP contribution >= 0.6 is 41.7 Å². The molecule has 0 aliphatic rings. The van der Waals surface area contributed by atoms with E-state index in [-0.39, 0.29) is 0 Å². The molecule has 1 N–H and O–H groups in total. The Kier molecular flexibility index (Phi) is 3.44. The first-order valence-corrected chi connectivity index (χ1v) is 7.89. The molecule has 0 spiro atoms. The molecule has 0 radical (unpaired) electrons. The van der Waals surface area contributed by atoms with Crippen molar-refractivity contribution >= 4 is 52.8 Å². The van der Waals surface area contributed by atoms with Crippen LogP contribution in [0.4, 0.5) is 0 Å². The first-order chi connectivity index (χ1) is 7.20. The van der Waals surface area contributed by atoms with Crippen molar-refractivity contribution in [2.75, 3.05) is 0 Å². The number of halogens is 2. The summed E-state index contributed by atoms with van der Waals surface area (Å²) < 4.78 is 0. The van der Waals surface area contributed by atoms with Gasteiger partial charge in [0.25, 0.3) is 0 Å². The molecule has 2 aromatic rings. The van der Waals surface area contributed by atoms with E-state index in [1.807, 2.05) is 19.1 Å². The highest BCUT2D eigenvalue weighted by Gasteiger charge is 2.04. The molecule has 0 fully saturated rings. The first kappa shape index (κ1) is 11.1. The van der Waals surface area contributed by atoms with Gasteiger partial charge < -0.3 is 4.98 Å². The van der Waals surface area contributed by atoms with Crippen LogP contribution < -0.4 is 0 Å². The average molecular weight is 349 g/mol. The molecular formula is C10H6ClIN2S. The summed E-state index contributed by atoms with van der Waals surface area (Å²) in [5, 5.41) is 3.56. The Morgan fingerprint density at radius 2 is 2.33 bits per heavy atom. The van der Waals surface area contributed by atoms with Gasteiger partial charge in [0, 0.05) is 26.8 Å². The number of hydrogen-bond donors (Lipinski definition) is 1. The largest absolute Gasteiger partial charge is 0.342 e. The van der Waals surface area contributed by atoms with Gasteiger partial charge in [-0.1, -0.05) is 17.5 Å². The van der Waals surface area contributed by atoms with Gasteiger partial charge in [0.1, 0.15) is 5.82 Å². The summed E-state index contributed by atoms with van der Waals surface area (Å²) in [5.41, 5.74) is 2.68. The third-order valence-electron chi connectivity index (χ3n) is 1.91. The molecule has 0 saturated heterocycles. The maximum absolute atomic E-state index is 6.08. The molecule has 5 heteroatoms. The Morgan fingerprint density at radius 3 is 3.07 bits per heavy atom. The average Bonchev–Trinajstić information content (AvgIpc) is 2.53. The Balaban J connectivity index is 2.61. The number of nitrogens with zero attached hydrogens (tertiary/aromatic N) is 1. The smallest absolute Gasteiger partial charge is 0.104 e. The van der Waals surface area contributed by atoms with Crippen LogP contribution in [-0.2, 0) is 0 Å². The fraction of sp³-hybridized carbons (Fsp3) is 0.100. The molecule has 0 bridgehead atoms. The zero-order valence-electron chi connectivity index (χ0n) is 7.77. The lowest BCUT2D eigenvalue weighted by Gasteiger charge is -1.95. The summed E-state index contributed by atoms with van der Waals surface area (Å²) in [5.74, 6) is 3.87. The van der Waals surface area contributed by atoms with Crippen LogP contribution in [-0.4, -0.2) is 9.97 Å². The number of aromatic amines is 1. The summed E-state index contributed by atoms with van der Waals surface area (Å²) in [4.78, 5) is 7.46. The Labute approximate surface area is 109 Å². The van der Waals surface area contributed by atoms with Crippen molar-refractivity contribution in [3.05, 3.63) is 28.5 Å². The number of rotatable bonds is 0. The number of imidazole rings is 1. The molecular weight excluding hydrogens is 343 g/mol. The van der Waals surface area contributed by atoms with Crippen LogP contribution in [0.25, 0.3) is 11.0 Å². The van der Waals surface area contributed by atoms with Gasteiger partial charge >= 0.3 is 0 Å². The minimum atomic E-state index is 0.645. The zero-order valence-corrected chi connectivity index (χ0v) is 11.5. The number of benzene rings is 1. The molecule has 1 heterocycles. The maximum Gasteiger partial charge on any atom is 0.104 e. The zero-order chi connectivity index (χ0) is 10.8. The molecule has 15 heavy (non-hydrogen) atoms. The second-order valence-corrected chi connectivity index (χ2v) is 5.06. The van der Waals surface area contributed by atoms with Crippen LogP contribution in [0.5, 0.6) is 0 Å². The number of H-pyrrole nitrogens is 1. The topological polar surface area (TPSA) is 28.7 Å². The number of fused-ring (bicyclic) bond motifs is 1. The summed E-state index contributed by atoms with van der Waals surface area (Å²) in [6.45, 7) is 1.92. The van der Waals surface area contributed by atoms with Crippen molar-refractivity contribution in [1.29, 1.82) is 0 Å². The van der Waals surface area contributed by atoms with Gasteiger partial charge in [-0.15, -0.1) is 0 Å². The monoisotopic (exact) mass is 348 g/mol. The van der Waals surface area contributed by atoms with Gasteiger partial charge in [0.2, 0.25) is 0 Å². The highest BCUT2D eigenvalue weighted by molar-refractivity contribution is 14.2. The molecule has 0 amide bonds. The molecule has 0 atom stereocenters. The van der Waals surface area contributed by atoms with E-state index in [1.54, 1.807) is 0 Å². The van der Waals surface area contributed by atoms with Crippen molar-refractivity contribution in [1.82, 2.24) is 9.97 Å². The number of nitrogens with one attached hydrogen (secondary N) is 1. The molecule has 0 saturated carbocycles. The number of hydrogen-bond acceptors (Lipinski definition) is 2. The summed E-state index contributed by atoms with van der Waals surface area (Å²) >= 11 is 8.21. The normalized spacial score (nSPS) is 10.1. The molecule has 2 rings (SSSR count). The van der Waals surface area contributed by atoms with Gasteiger partial charge in [0.15, 0.2) is 0 Å². The Hall–Kier alpha value is -0.380. The van der Waals surface area contributed by atoms with Crippen molar-refractivity contribution in [3.8, 4) is 11.2 Å². The summed E-state index contributed by atoms with van der Waals surface area (Å²) in [7, 11) is 1.44. The molecule has 0 aliphatic heterocycles. The van der Waals surface area contributed by atoms with Gasteiger partial charge in [-0.05, 0) is 33.2 Å². The van der Waals surface area contributed by atoms with E-state index >= 15 is 0 Å². The molecule has 1 aromatic heterocycles. The predicted octanol–water partition coefficient (Wildman–Crippen LogP) is 3.92. The van der Waals surface area contributed by atoms with E-state index in [0.717, 1.165) is 22.4 Å². The fourth-order valence-corrected chi connectivity index (χ4v) is 2.01. The maximum atomic E-state index is 6.08. The molecule has 2 nitrogen and oxygen atoms in total. The van der Waals surface area contributed by atoms with Crippen LogP contribution in [0.3, 0.4) is 0 Å². The van der Waals surface area contributed by atoms with E-state index in [1.165, 1.54) is 8.93 Å². The molecule has 0 aliphatic carbocycles. The fourth-order valence-electron chi connectivity index (χ4n) is 1.33. The first-order valence-electron chi connectivity index (χ1n) is 4.15. The summed E-state index contributed by atoms with van der Waals surface area (Å²) in [6, 6.07) is 3.76. The van der Waals surface area contributed by atoms with Crippen molar-refractivity contribution < 1.29 is 0 Å². The van der Waals surface area contributed by atoms with Gasteiger partial charge in [-0.2, -0.15) is 0 Å². The standard InChI is InChI=1S/C10H6ClIN2S/c1-6-13-9-4-7(2-3-15-12)8(11)5-10(9)14-6/h4-5H,1H3,(H,13,14). The molecule has 0 unspecified atom stereocenters. The third-order valence-corrected chi connectivity index (χ3v) is 3.07. The van der Waals surface area contributed by atoms with Crippen molar-refractivity contribution in [2.45, 2.75) is 6.92 Å². The number of aromatic nitrogens is 2. The van der Waals surface area contributed by atoms with Crippen LogP contribution in [0.2, 0.25) is 5.02 Å². The van der Waals surface area contributed by atoms with Crippen LogP contribution in [0, 0.1) is 18.1 Å². The second-order valence-electron chi connectivity index (χ2n) is 2.98. The van der Waals surface area contributed by atoms with E-state index in [4.69, 9.17) is 11.6 Å². The predicted molar refractivity (Wildman–Crippen MR) is 74.3 cm³/mol. The molecule has 76 valence electrons. The van der Waals surface area contributed by atoms with E-state index < -0.39 is 0 Å². The van der Waals surface area contributed by atoms with Gasteiger partial charge in [-0.3, -0.25) is 0 Å². The SMILES string of the molecule is Cc1nc2cc(Cl)c(C#CSI)cc2[nH]1. The van der Waals surface area contributed by atoms with E-state index in [0.29, 0.717) is 5.02 Å². The lowest BCUT2D eigenvalue weighted by molar-refractivity contribution is 1.17. The lowest BCUT2D eigenvalue weighted by atomic mass is 10.2. The van der Waals surface area contributed by atoms with Crippen LogP contribution in [0.15, 0.2) is 12.1 Å². The Bertz CT molecular complexity index is 568. The van der Waals surface area contributed by atoms with Crippen molar-refractivity contribution in [2.24, 2.45) is 0 Å². The lowest BCUT2D eigenvalue weighted by Crippen LogP contribution is -1.78. The highest BCUT2D eigenvalue weighted by atomic mass is 127.